The maximum Gasteiger partial charge on any atom is 0.152 e. The molecule has 0 fully saturated rings. The molecule has 0 aliphatic rings. The van der Waals surface area contributed by atoms with Gasteiger partial charge in [-0.15, -0.1) is 6.58 Å². The number of allylic oxidation sites excluding steroid dienone is 3. The molecular weight excluding hydrogens is 264 g/mol. The largest absolute Gasteiger partial charge is 0.299 e. The Morgan fingerprint density at radius 2 is 1.33 bits per heavy atom. The van der Waals surface area contributed by atoms with Gasteiger partial charge in [0, 0.05) is 24.7 Å². The molecule has 3 heteroatoms. The van der Waals surface area contributed by atoms with Crippen molar-refractivity contribution in [2.45, 2.75) is 60.3 Å². The van der Waals surface area contributed by atoms with Gasteiger partial charge in [0.15, 0.2) is 5.78 Å². The molecular formula is C18H30O3. The van der Waals surface area contributed by atoms with Crippen molar-refractivity contribution >= 4 is 17.3 Å². The van der Waals surface area contributed by atoms with Crippen LogP contribution in [0.3, 0.4) is 0 Å². The third-order valence-electron chi connectivity index (χ3n) is 2.79. The Labute approximate surface area is 129 Å². The monoisotopic (exact) mass is 294 g/mol. The fourth-order valence-electron chi connectivity index (χ4n) is 1.30. The fraction of sp³-hybridized carbons (Fsp3) is 0.611. The van der Waals surface area contributed by atoms with Crippen LogP contribution in [0, 0.1) is 11.8 Å². The second-order valence-electron chi connectivity index (χ2n) is 5.62. The summed E-state index contributed by atoms with van der Waals surface area (Å²) in [6.07, 6.45) is 7.73. The van der Waals surface area contributed by atoms with Crippen LogP contribution in [0.15, 0.2) is 24.8 Å². The first-order valence-electron chi connectivity index (χ1n) is 7.55. The highest BCUT2D eigenvalue weighted by Crippen LogP contribution is 2.02. The molecule has 120 valence electrons. The average Bonchev–Trinajstić information content (AvgIpc) is 2.40. The van der Waals surface area contributed by atoms with Crippen molar-refractivity contribution in [3.63, 3.8) is 0 Å². The SMILES string of the molecule is C=CCCC(=O)C(C)C.CC(=O)/C=C/CCC(=O)C(C)C. The van der Waals surface area contributed by atoms with Crippen molar-refractivity contribution in [1.82, 2.24) is 0 Å². The number of Topliss-reactive ketones (excluding diaryl/α,β-unsaturated/α-hetero) is 2. The summed E-state index contributed by atoms with van der Waals surface area (Å²) >= 11 is 0. The second-order valence-corrected chi connectivity index (χ2v) is 5.62. The predicted molar refractivity (Wildman–Crippen MR) is 88.2 cm³/mol. The predicted octanol–water partition coefficient (Wildman–Crippen LogP) is 4.31. The second kappa shape index (κ2) is 13.5. The van der Waals surface area contributed by atoms with Gasteiger partial charge in [0.05, 0.1) is 0 Å². The Balaban J connectivity index is 0. The normalized spacial score (nSPS) is 10.4. The molecule has 0 aromatic rings. The van der Waals surface area contributed by atoms with E-state index in [1.807, 2.05) is 27.7 Å². The lowest BCUT2D eigenvalue weighted by Gasteiger charge is -1.99. The molecule has 0 radical (unpaired) electrons. The molecule has 0 unspecified atom stereocenters. The highest BCUT2D eigenvalue weighted by atomic mass is 16.1. The maximum atomic E-state index is 11.1. The zero-order valence-electron chi connectivity index (χ0n) is 14.1. The lowest BCUT2D eigenvalue weighted by molar-refractivity contribution is -0.122. The van der Waals surface area contributed by atoms with Crippen molar-refractivity contribution in [1.29, 1.82) is 0 Å². The lowest BCUT2D eigenvalue weighted by Crippen LogP contribution is -2.05. The first-order chi connectivity index (χ1) is 9.72. The molecule has 0 heterocycles. The van der Waals surface area contributed by atoms with E-state index in [0.717, 1.165) is 6.42 Å². The number of ketones is 3. The van der Waals surface area contributed by atoms with E-state index < -0.39 is 0 Å². The van der Waals surface area contributed by atoms with Crippen LogP contribution >= 0.6 is 0 Å². The summed E-state index contributed by atoms with van der Waals surface area (Å²) in [6.45, 7) is 12.7. The minimum absolute atomic E-state index is 0.0343. The summed E-state index contributed by atoms with van der Waals surface area (Å²) in [5, 5.41) is 0. The number of hydrogen-bond donors (Lipinski definition) is 0. The molecule has 0 saturated carbocycles. The molecule has 0 aromatic heterocycles. The van der Waals surface area contributed by atoms with Crippen molar-refractivity contribution < 1.29 is 14.4 Å². The molecule has 0 aliphatic heterocycles. The number of carbonyl (C=O) groups excluding carboxylic acids is 3. The van der Waals surface area contributed by atoms with Crippen LogP contribution < -0.4 is 0 Å². The molecule has 21 heavy (non-hydrogen) atoms. The van der Waals surface area contributed by atoms with Gasteiger partial charge in [-0.05, 0) is 25.8 Å². The van der Waals surface area contributed by atoms with E-state index >= 15 is 0 Å². The molecule has 3 nitrogen and oxygen atoms in total. The Morgan fingerprint density at radius 1 is 0.905 bits per heavy atom. The first kappa shape index (κ1) is 21.8. The minimum Gasteiger partial charge on any atom is -0.299 e. The molecule has 0 atom stereocenters. The number of hydrogen-bond acceptors (Lipinski definition) is 3. The van der Waals surface area contributed by atoms with Gasteiger partial charge in [-0.25, -0.2) is 0 Å². The molecule has 0 saturated heterocycles. The molecule has 0 bridgehead atoms. The summed E-state index contributed by atoms with van der Waals surface area (Å²) in [5.74, 6) is 0.908. The first-order valence-corrected chi connectivity index (χ1v) is 7.55. The summed E-state index contributed by atoms with van der Waals surface area (Å²) in [7, 11) is 0. The van der Waals surface area contributed by atoms with Gasteiger partial charge in [0.25, 0.3) is 0 Å². The van der Waals surface area contributed by atoms with E-state index in [4.69, 9.17) is 0 Å². The van der Waals surface area contributed by atoms with Crippen LogP contribution in [0.1, 0.15) is 60.3 Å². The molecule has 0 aromatic carbocycles. The van der Waals surface area contributed by atoms with Crippen LogP contribution in [0.4, 0.5) is 0 Å². The van der Waals surface area contributed by atoms with Gasteiger partial charge in [0.1, 0.15) is 11.6 Å². The third kappa shape index (κ3) is 16.4. The fourth-order valence-corrected chi connectivity index (χ4v) is 1.30. The summed E-state index contributed by atoms with van der Waals surface area (Å²) in [6, 6.07) is 0. The topological polar surface area (TPSA) is 51.2 Å². The van der Waals surface area contributed by atoms with Gasteiger partial charge in [-0.1, -0.05) is 39.8 Å². The lowest BCUT2D eigenvalue weighted by atomic mass is 10.0. The van der Waals surface area contributed by atoms with Crippen molar-refractivity contribution in [2.24, 2.45) is 11.8 Å². The highest BCUT2D eigenvalue weighted by molar-refractivity contribution is 5.87. The van der Waals surface area contributed by atoms with Crippen LogP contribution in [0.25, 0.3) is 0 Å². The molecule has 0 rings (SSSR count). The van der Waals surface area contributed by atoms with Gasteiger partial charge in [0.2, 0.25) is 0 Å². The van der Waals surface area contributed by atoms with Crippen molar-refractivity contribution in [3.8, 4) is 0 Å². The summed E-state index contributed by atoms with van der Waals surface area (Å²) in [5.41, 5.74) is 0. The van der Waals surface area contributed by atoms with E-state index in [2.05, 4.69) is 6.58 Å². The van der Waals surface area contributed by atoms with Crippen LogP contribution in [0.5, 0.6) is 0 Å². The van der Waals surface area contributed by atoms with E-state index in [9.17, 15) is 14.4 Å². The molecule has 0 amide bonds. The zero-order chi connectivity index (χ0) is 16.8. The standard InChI is InChI=1S/C10H16O2.C8H14O/c1-8(2)10(12)7-5-4-6-9(3)11;1-4-5-6-8(9)7(2)3/h4,6,8H,5,7H2,1-3H3;4,7H,1,5-6H2,2-3H3/b6-4+;. The summed E-state index contributed by atoms with van der Waals surface area (Å²) in [4.78, 5) is 32.4. The van der Waals surface area contributed by atoms with Crippen LogP contribution in [-0.2, 0) is 14.4 Å². The van der Waals surface area contributed by atoms with Gasteiger partial charge < -0.3 is 0 Å². The average molecular weight is 294 g/mol. The smallest absolute Gasteiger partial charge is 0.152 e. The summed E-state index contributed by atoms with van der Waals surface area (Å²) < 4.78 is 0. The van der Waals surface area contributed by atoms with Gasteiger partial charge in [-0.3, -0.25) is 14.4 Å². The van der Waals surface area contributed by atoms with Crippen LogP contribution in [0.2, 0.25) is 0 Å². The van der Waals surface area contributed by atoms with Gasteiger partial charge in [-0.2, -0.15) is 0 Å². The number of carbonyl (C=O) groups is 3. The van der Waals surface area contributed by atoms with E-state index in [1.54, 1.807) is 12.2 Å². The molecule has 0 aliphatic carbocycles. The van der Waals surface area contributed by atoms with Gasteiger partial charge >= 0.3 is 0 Å². The Kier molecular flexibility index (Phi) is 14.0. The maximum absolute atomic E-state index is 11.1. The Morgan fingerprint density at radius 3 is 1.67 bits per heavy atom. The third-order valence-corrected chi connectivity index (χ3v) is 2.79. The quantitative estimate of drug-likeness (QED) is 0.470. The van der Waals surface area contributed by atoms with Crippen molar-refractivity contribution in [3.05, 3.63) is 24.8 Å². The molecule has 0 spiro atoms. The van der Waals surface area contributed by atoms with Crippen LogP contribution in [-0.4, -0.2) is 17.3 Å². The van der Waals surface area contributed by atoms with E-state index in [1.165, 1.54) is 13.0 Å². The van der Waals surface area contributed by atoms with E-state index in [-0.39, 0.29) is 23.4 Å². The number of rotatable bonds is 9. The minimum atomic E-state index is 0.0343. The zero-order valence-corrected chi connectivity index (χ0v) is 14.1. The highest BCUT2D eigenvalue weighted by Gasteiger charge is 2.04. The Hall–Kier alpha value is -1.51. The van der Waals surface area contributed by atoms with E-state index in [0.29, 0.717) is 25.0 Å². The molecule has 0 N–H and O–H groups in total. The van der Waals surface area contributed by atoms with Crippen molar-refractivity contribution in [2.75, 3.05) is 0 Å². The Bertz CT molecular complexity index is 363.